The Kier molecular flexibility index (Phi) is 6.04. The number of rotatable bonds is 5. The average molecular weight is 447 g/mol. The van der Waals surface area contributed by atoms with Crippen molar-refractivity contribution in [2.24, 2.45) is 5.92 Å². The summed E-state index contributed by atoms with van der Waals surface area (Å²) in [4.78, 5) is 29.5. The normalized spacial score (nSPS) is 22.8. The van der Waals surface area contributed by atoms with Gasteiger partial charge in [0.1, 0.15) is 0 Å². The van der Waals surface area contributed by atoms with Crippen LogP contribution in [0.3, 0.4) is 0 Å². The SMILES string of the molecule is CC(=O)N[C@H]1CC[C@@H](CNc2ncc3c(n2)CN[C@H](C)C=C3c2cnc3nccn3c2)CC1. The lowest BCUT2D eigenvalue weighted by molar-refractivity contribution is -0.119. The summed E-state index contributed by atoms with van der Waals surface area (Å²) in [5.41, 5.74) is 4.09. The highest BCUT2D eigenvalue weighted by Gasteiger charge is 2.23. The molecule has 0 radical (unpaired) electrons. The fourth-order valence-corrected chi connectivity index (χ4v) is 4.76. The summed E-state index contributed by atoms with van der Waals surface area (Å²) >= 11 is 0. The second-order valence-electron chi connectivity index (χ2n) is 9.08. The van der Waals surface area contributed by atoms with Gasteiger partial charge in [0.05, 0.1) is 5.69 Å². The Bertz CT molecular complexity index is 1180. The van der Waals surface area contributed by atoms with Crippen LogP contribution in [0.2, 0.25) is 0 Å². The monoisotopic (exact) mass is 446 g/mol. The zero-order chi connectivity index (χ0) is 22.8. The summed E-state index contributed by atoms with van der Waals surface area (Å²) in [6, 6.07) is 0.514. The maximum Gasteiger partial charge on any atom is 0.233 e. The van der Waals surface area contributed by atoms with Crippen LogP contribution in [0.4, 0.5) is 5.95 Å². The molecule has 0 saturated heterocycles. The number of nitrogens with one attached hydrogen (secondary N) is 3. The third-order valence-corrected chi connectivity index (χ3v) is 6.53. The second kappa shape index (κ2) is 9.27. The van der Waals surface area contributed by atoms with E-state index >= 15 is 0 Å². The van der Waals surface area contributed by atoms with Gasteiger partial charge >= 0.3 is 0 Å². The zero-order valence-corrected chi connectivity index (χ0v) is 19.1. The number of nitrogens with zero attached hydrogens (tertiary/aromatic N) is 5. The first-order valence-electron chi connectivity index (χ1n) is 11.7. The molecule has 172 valence electrons. The number of fused-ring (bicyclic) bond motifs is 2. The number of carbonyl (C=O) groups excluding carboxylic acids is 1. The molecular weight excluding hydrogens is 416 g/mol. The van der Waals surface area contributed by atoms with Crippen LogP contribution in [0.5, 0.6) is 0 Å². The van der Waals surface area contributed by atoms with E-state index in [0.29, 0.717) is 30.2 Å². The minimum atomic E-state index is 0.0621. The highest BCUT2D eigenvalue weighted by atomic mass is 16.1. The minimum absolute atomic E-state index is 0.0621. The van der Waals surface area contributed by atoms with Crippen LogP contribution in [-0.4, -0.2) is 48.9 Å². The van der Waals surface area contributed by atoms with E-state index in [1.165, 1.54) is 0 Å². The molecule has 3 N–H and O–H groups in total. The highest BCUT2D eigenvalue weighted by Crippen LogP contribution is 2.29. The van der Waals surface area contributed by atoms with Crippen molar-refractivity contribution in [3.05, 3.63) is 53.9 Å². The van der Waals surface area contributed by atoms with Crippen LogP contribution >= 0.6 is 0 Å². The fourth-order valence-electron chi connectivity index (χ4n) is 4.76. The first-order chi connectivity index (χ1) is 16.0. The minimum Gasteiger partial charge on any atom is -0.354 e. The lowest BCUT2D eigenvalue weighted by atomic mass is 9.86. The van der Waals surface area contributed by atoms with Crippen molar-refractivity contribution in [2.45, 2.75) is 58.2 Å². The maximum absolute atomic E-state index is 11.3. The van der Waals surface area contributed by atoms with Gasteiger partial charge in [-0.3, -0.25) is 9.20 Å². The molecule has 1 aliphatic carbocycles. The van der Waals surface area contributed by atoms with Gasteiger partial charge in [-0.1, -0.05) is 6.08 Å². The Balaban J connectivity index is 1.30. The van der Waals surface area contributed by atoms with Crippen molar-refractivity contribution in [1.29, 1.82) is 0 Å². The average Bonchev–Trinajstić information content (AvgIpc) is 3.22. The van der Waals surface area contributed by atoms with Crippen molar-refractivity contribution < 1.29 is 4.79 Å². The van der Waals surface area contributed by atoms with E-state index in [1.54, 1.807) is 13.1 Å². The first kappa shape index (κ1) is 21.5. The molecule has 2 aliphatic rings. The van der Waals surface area contributed by atoms with Gasteiger partial charge in [0.15, 0.2) is 0 Å². The van der Waals surface area contributed by atoms with E-state index < -0.39 is 0 Å². The van der Waals surface area contributed by atoms with E-state index in [0.717, 1.165) is 54.6 Å². The number of hydrogen-bond donors (Lipinski definition) is 3. The van der Waals surface area contributed by atoms with Crippen molar-refractivity contribution >= 4 is 23.2 Å². The van der Waals surface area contributed by atoms with Crippen molar-refractivity contribution in [3.63, 3.8) is 0 Å². The van der Waals surface area contributed by atoms with Crippen LogP contribution in [0, 0.1) is 5.92 Å². The van der Waals surface area contributed by atoms with Gasteiger partial charge in [0.2, 0.25) is 17.6 Å². The fraction of sp³-hybridized carbons (Fsp3) is 0.458. The molecule has 0 aromatic carbocycles. The Morgan fingerprint density at radius 2 is 2.03 bits per heavy atom. The molecule has 9 heteroatoms. The molecule has 9 nitrogen and oxygen atoms in total. The van der Waals surface area contributed by atoms with Gasteiger partial charge in [-0.25, -0.2) is 19.9 Å². The second-order valence-corrected chi connectivity index (χ2v) is 9.08. The Labute approximate surface area is 193 Å². The summed E-state index contributed by atoms with van der Waals surface area (Å²) in [6.45, 7) is 5.25. The largest absolute Gasteiger partial charge is 0.354 e. The zero-order valence-electron chi connectivity index (χ0n) is 19.1. The Morgan fingerprint density at radius 1 is 1.18 bits per heavy atom. The molecule has 1 fully saturated rings. The molecule has 1 aliphatic heterocycles. The van der Waals surface area contributed by atoms with Crippen molar-refractivity contribution in [1.82, 2.24) is 35.0 Å². The third-order valence-electron chi connectivity index (χ3n) is 6.53. The van der Waals surface area contributed by atoms with Gasteiger partial charge in [-0.2, -0.15) is 0 Å². The molecule has 5 rings (SSSR count). The molecule has 0 spiro atoms. The summed E-state index contributed by atoms with van der Waals surface area (Å²) < 4.78 is 1.93. The summed E-state index contributed by atoms with van der Waals surface area (Å²) in [7, 11) is 0. The molecule has 1 atom stereocenters. The lowest BCUT2D eigenvalue weighted by Crippen LogP contribution is -2.37. The lowest BCUT2D eigenvalue weighted by Gasteiger charge is -2.29. The van der Waals surface area contributed by atoms with Crippen LogP contribution < -0.4 is 16.0 Å². The van der Waals surface area contributed by atoms with Crippen molar-refractivity contribution in [2.75, 3.05) is 11.9 Å². The number of carbonyl (C=O) groups is 1. The summed E-state index contributed by atoms with van der Waals surface area (Å²) in [5.74, 6) is 1.98. The summed E-state index contributed by atoms with van der Waals surface area (Å²) in [6.07, 6.45) is 15.9. The molecule has 3 aromatic rings. The smallest absolute Gasteiger partial charge is 0.233 e. The van der Waals surface area contributed by atoms with Crippen LogP contribution in [0.15, 0.2) is 37.1 Å². The van der Waals surface area contributed by atoms with E-state index in [4.69, 9.17) is 4.98 Å². The topological polar surface area (TPSA) is 109 Å². The molecule has 33 heavy (non-hydrogen) atoms. The van der Waals surface area contributed by atoms with E-state index in [1.807, 2.05) is 29.2 Å². The molecule has 1 saturated carbocycles. The predicted molar refractivity (Wildman–Crippen MR) is 126 cm³/mol. The maximum atomic E-state index is 11.3. The Morgan fingerprint density at radius 3 is 2.85 bits per heavy atom. The summed E-state index contributed by atoms with van der Waals surface area (Å²) in [5, 5.41) is 10.0. The number of imidazole rings is 1. The van der Waals surface area contributed by atoms with Gasteiger partial charge in [-0.15, -0.1) is 0 Å². The van der Waals surface area contributed by atoms with Gasteiger partial charge < -0.3 is 16.0 Å². The van der Waals surface area contributed by atoms with Crippen LogP contribution in [0.25, 0.3) is 11.4 Å². The van der Waals surface area contributed by atoms with Gasteiger partial charge in [0, 0.05) is 74.2 Å². The molecular formula is C24H30N8O. The third kappa shape index (κ3) is 4.88. The van der Waals surface area contributed by atoms with Crippen LogP contribution in [-0.2, 0) is 11.3 Å². The highest BCUT2D eigenvalue weighted by molar-refractivity contribution is 5.81. The van der Waals surface area contributed by atoms with E-state index in [9.17, 15) is 4.79 Å². The number of hydrogen-bond acceptors (Lipinski definition) is 7. The molecule has 1 amide bonds. The number of amides is 1. The van der Waals surface area contributed by atoms with E-state index in [-0.39, 0.29) is 11.9 Å². The standard InChI is InChI=1S/C24H30N8O/c1-15-9-20(18-11-29-24-25-7-8-32(24)14-18)21-12-28-23(31-22(21)13-26-15)27-10-17-3-5-19(6-4-17)30-16(2)33/h7-9,11-12,14-15,17,19,26H,3-6,10,13H2,1-2H3,(H,30,33)(H,27,28,31)/t15-,17-,19+/m1/s1. The molecule has 0 bridgehead atoms. The van der Waals surface area contributed by atoms with Crippen LogP contribution in [0.1, 0.15) is 56.4 Å². The molecule has 0 unspecified atom stereocenters. The quantitative estimate of drug-likeness (QED) is 0.553. The first-order valence-corrected chi connectivity index (χ1v) is 11.7. The van der Waals surface area contributed by atoms with Gasteiger partial charge in [0.25, 0.3) is 0 Å². The predicted octanol–water partition coefficient (Wildman–Crippen LogP) is 2.55. The number of aromatic nitrogens is 5. The number of anilines is 1. The van der Waals surface area contributed by atoms with E-state index in [2.05, 4.69) is 43.9 Å². The molecule has 4 heterocycles. The Hall–Kier alpha value is -3.33. The molecule has 3 aromatic heterocycles. The van der Waals surface area contributed by atoms with Crippen molar-refractivity contribution in [3.8, 4) is 0 Å². The van der Waals surface area contributed by atoms with Gasteiger partial charge in [-0.05, 0) is 44.1 Å².